The lowest BCUT2D eigenvalue weighted by Crippen LogP contribution is -2.64. The molecule has 0 radical (unpaired) electrons. The predicted molar refractivity (Wildman–Crippen MR) is 363 cm³/mol. The van der Waals surface area contributed by atoms with E-state index in [0.29, 0.717) is 13.1 Å². The van der Waals surface area contributed by atoms with Crippen LogP contribution in [0.4, 0.5) is 0 Å². The van der Waals surface area contributed by atoms with Gasteiger partial charge in [-0.25, -0.2) is 4.79 Å². The summed E-state index contributed by atoms with van der Waals surface area (Å²) in [6.45, 7) is 29.6. The van der Waals surface area contributed by atoms with Gasteiger partial charge in [0.15, 0.2) is 6.10 Å². The van der Waals surface area contributed by atoms with E-state index in [-0.39, 0.29) is 68.1 Å². The number of ether oxygens (including phenoxy) is 1. The summed E-state index contributed by atoms with van der Waals surface area (Å²) in [5, 5.41) is 34.8. The van der Waals surface area contributed by atoms with Crippen molar-refractivity contribution in [1.29, 1.82) is 0 Å². The van der Waals surface area contributed by atoms with Crippen LogP contribution in [0.5, 0.6) is 0 Å². The monoisotopic (exact) mass is 1340 g/mol. The minimum absolute atomic E-state index is 0.0703. The van der Waals surface area contributed by atoms with Crippen molar-refractivity contribution in [2.45, 2.75) is 235 Å². The van der Waals surface area contributed by atoms with Crippen molar-refractivity contribution in [2.24, 2.45) is 47.3 Å². The average Bonchev–Trinajstić information content (AvgIpc) is 0.844. The lowest BCUT2D eigenvalue weighted by atomic mass is 9.91. The maximum absolute atomic E-state index is 15.4. The quantitative estimate of drug-likeness (QED) is 0.102. The van der Waals surface area contributed by atoms with Gasteiger partial charge in [0.1, 0.15) is 54.4 Å². The number of aliphatic hydroxyl groups is 2. The van der Waals surface area contributed by atoms with Gasteiger partial charge < -0.3 is 70.5 Å². The Hall–Kier alpha value is -6.80. The average molecular weight is 1340 g/mol. The Balaban J connectivity index is 3.03. The fraction of sp³-hybridized carbons (Fsp3) is 0.768. The number of carbonyl (C=O) groups is 11. The van der Waals surface area contributed by atoms with Gasteiger partial charge >= 0.3 is 5.97 Å². The zero-order valence-electron chi connectivity index (χ0n) is 61.6. The summed E-state index contributed by atoms with van der Waals surface area (Å²) < 4.78 is 5.92. The van der Waals surface area contributed by atoms with Crippen molar-refractivity contribution in [3.05, 3.63) is 30.1 Å². The van der Waals surface area contributed by atoms with E-state index in [4.69, 9.17) is 4.74 Å². The van der Waals surface area contributed by atoms with E-state index in [1.165, 1.54) is 70.8 Å². The predicted octanol–water partition coefficient (Wildman–Crippen LogP) is 3.30. The molecule has 26 heteroatoms. The van der Waals surface area contributed by atoms with E-state index in [2.05, 4.69) is 26.3 Å². The van der Waals surface area contributed by atoms with Crippen LogP contribution in [0, 0.1) is 47.3 Å². The van der Waals surface area contributed by atoms with E-state index < -0.39 is 162 Å². The molecule has 0 aliphatic carbocycles. The molecular formula is C69H120N12O14. The number of hydrogen-bond donors (Lipinski definition) is 6. The lowest BCUT2D eigenvalue weighted by molar-refractivity contribution is -0.166. The Bertz CT molecular complexity index is 2710. The van der Waals surface area contributed by atoms with Crippen LogP contribution in [0.15, 0.2) is 24.4 Å². The van der Waals surface area contributed by atoms with E-state index in [1.807, 2.05) is 93.3 Å². The fourth-order valence-electron chi connectivity index (χ4n) is 11.8. The lowest BCUT2D eigenvalue weighted by Gasteiger charge is -2.40. The summed E-state index contributed by atoms with van der Waals surface area (Å²) in [4.78, 5) is 175. The number of nitrogens with zero attached hydrogens (tertiary/aromatic N) is 8. The van der Waals surface area contributed by atoms with Gasteiger partial charge in [0.25, 0.3) is 5.91 Å². The molecule has 1 aliphatic heterocycles. The first kappa shape index (κ1) is 84.3. The molecule has 1 aliphatic rings. The van der Waals surface area contributed by atoms with Crippen molar-refractivity contribution in [3.63, 3.8) is 0 Å². The molecule has 6 N–H and O–H groups in total. The molecule has 1 fully saturated rings. The summed E-state index contributed by atoms with van der Waals surface area (Å²) in [6.07, 6.45) is -2.28. The number of aromatic nitrogens is 1. The number of esters is 1. The number of amides is 10. The molecule has 1 saturated heterocycles. The molecule has 540 valence electrons. The number of cyclic esters (lactones) is 1. The highest BCUT2D eigenvalue weighted by Gasteiger charge is 2.46. The SMILES string of the molecule is CC(C)C[C@@H]1C(=O)N[C@H](CC(C)C)C(=O)N(C)[C@H](C(C)C)C(=O)N(C)[C@H]([C@H](O)[C@H](C)CCN(C)Cc2ccccn2)C(=O)N[C@H]([C@@H](C)O)C(=O)N(C)CC(=O)N(C)[C@@H](CC(C)C)C(=O)N[C@H](CC(C)C)C(=O)N(C)[C@H](CC(C)C)C(=O)N[C@H](C)C(=O)O[C@@H](C(C)C)C(=O)N1C. The third-order valence-corrected chi connectivity index (χ3v) is 17.4. The Morgan fingerprint density at radius 3 is 1.40 bits per heavy atom. The third-order valence-electron chi connectivity index (χ3n) is 17.4. The summed E-state index contributed by atoms with van der Waals surface area (Å²) in [5.41, 5.74) is 0.793. The Morgan fingerprint density at radius 2 is 0.968 bits per heavy atom. The van der Waals surface area contributed by atoms with Crippen LogP contribution in [-0.4, -0.2) is 250 Å². The first-order chi connectivity index (χ1) is 44.0. The number of rotatable bonds is 20. The largest absolute Gasteiger partial charge is 0.450 e. The first-order valence-corrected chi connectivity index (χ1v) is 33.9. The smallest absolute Gasteiger partial charge is 0.329 e. The van der Waals surface area contributed by atoms with Gasteiger partial charge in [-0.2, -0.15) is 0 Å². The zero-order chi connectivity index (χ0) is 73.0. The molecule has 26 nitrogen and oxygen atoms in total. The molecule has 0 saturated carbocycles. The summed E-state index contributed by atoms with van der Waals surface area (Å²) in [7, 11) is 10.0. The zero-order valence-corrected chi connectivity index (χ0v) is 61.6. The number of aliphatic hydroxyl groups excluding tert-OH is 2. The molecule has 2 rings (SSSR count). The third kappa shape index (κ3) is 25.3. The number of likely N-dealkylation sites (N-methyl/N-ethyl adjacent to an activating group) is 6. The second-order valence-corrected chi connectivity index (χ2v) is 29.3. The molecule has 0 bridgehead atoms. The van der Waals surface area contributed by atoms with Gasteiger partial charge in [-0.05, 0) is 125 Å². The summed E-state index contributed by atoms with van der Waals surface area (Å²) >= 11 is 0. The molecule has 95 heavy (non-hydrogen) atoms. The van der Waals surface area contributed by atoms with Gasteiger partial charge in [0.2, 0.25) is 53.2 Å². The van der Waals surface area contributed by atoms with Gasteiger partial charge in [-0.1, -0.05) is 110 Å². The number of hydrogen-bond acceptors (Lipinski definition) is 16. The minimum atomic E-state index is -1.78. The van der Waals surface area contributed by atoms with Crippen LogP contribution in [0.2, 0.25) is 0 Å². The second kappa shape index (κ2) is 38.8. The van der Waals surface area contributed by atoms with Gasteiger partial charge in [-0.15, -0.1) is 0 Å². The molecule has 13 atom stereocenters. The molecular weight excluding hydrogens is 1220 g/mol. The topological polar surface area (TPSA) is 321 Å². The Kier molecular flexibility index (Phi) is 34.4. The number of pyridine rings is 1. The normalized spacial score (nSPS) is 25.6. The molecule has 1 aromatic rings. The van der Waals surface area contributed by atoms with Gasteiger partial charge in [0.05, 0.1) is 24.4 Å². The Labute approximate surface area is 566 Å². The molecule has 1 aromatic heterocycles. The van der Waals surface area contributed by atoms with Gasteiger partial charge in [0, 0.05) is 55.0 Å². The maximum Gasteiger partial charge on any atom is 0.329 e. The van der Waals surface area contributed by atoms with Crippen LogP contribution < -0.4 is 21.3 Å². The van der Waals surface area contributed by atoms with E-state index in [9.17, 15) is 48.6 Å². The molecule has 0 spiro atoms. The van der Waals surface area contributed by atoms with Crippen LogP contribution in [0.25, 0.3) is 0 Å². The van der Waals surface area contributed by atoms with E-state index >= 15 is 14.4 Å². The van der Waals surface area contributed by atoms with Crippen molar-refractivity contribution >= 4 is 65.0 Å². The standard InChI is InChI=1S/C69H120N12O14/c1-38(2)31-49-64(89)78(21)52(34-41(7)8)60(85)71-46(16)69(94)95-59(44(13)14)68(93)79(22)53(35-42(9)10)62(87)73-50(32-39(3)4)65(90)80(23)56(43(11)12)67(92)81(24)57(58(84)45(15)28-30-75(18)36-48-27-25-26-29-70-48)63(88)74-55(47(17)82)66(91)76(19)37-54(83)77(20)51(33-40(5)6)61(86)72-49/h25-27,29,38-47,49-53,55-59,82,84H,28,30-37H2,1-24H3,(H,71,85)(H,72,86)(H,73,87)(H,74,88)/t45-,46-,47-,49-,50-,51+,52-,53-,55-,56-,57-,58-,59+/m1/s1. The van der Waals surface area contributed by atoms with Crippen LogP contribution in [-0.2, 0) is 64.0 Å². The van der Waals surface area contributed by atoms with Crippen LogP contribution in [0.3, 0.4) is 0 Å². The van der Waals surface area contributed by atoms with E-state index in [0.717, 1.165) is 20.4 Å². The molecule has 0 aromatic carbocycles. The Morgan fingerprint density at radius 1 is 0.526 bits per heavy atom. The highest BCUT2D eigenvalue weighted by molar-refractivity contribution is 5.99. The molecule has 2 heterocycles. The molecule has 10 amide bonds. The van der Waals surface area contributed by atoms with E-state index in [1.54, 1.807) is 46.9 Å². The van der Waals surface area contributed by atoms with Gasteiger partial charge in [-0.3, -0.25) is 52.9 Å². The van der Waals surface area contributed by atoms with Crippen molar-refractivity contribution < 1.29 is 67.7 Å². The van der Waals surface area contributed by atoms with Crippen molar-refractivity contribution in [2.75, 3.05) is 62.4 Å². The fourth-order valence-corrected chi connectivity index (χ4v) is 11.8. The second-order valence-electron chi connectivity index (χ2n) is 29.3. The summed E-state index contributed by atoms with van der Waals surface area (Å²) in [5.74, 6) is -11.7. The van der Waals surface area contributed by atoms with Crippen molar-refractivity contribution in [1.82, 2.24) is 60.6 Å². The first-order valence-electron chi connectivity index (χ1n) is 33.9. The highest BCUT2D eigenvalue weighted by Crippen LogP contribution is 2.25. The molecule has 0 unspecified atom stereocenters. The van der Waals surface area contributed by atoms with Crippen LogP contribution in [0.1, 0.15) is 162 Å². The number of nitrogens with one attached hydrogen (secondary N) is 4. The number of carbonyl (C=O) groups excluding carboxylic acids is 11. The minimum Gasteiger partial charge on any atom is -0.450 e. The summed E-state index contributed by atoms with van der Waals surface area (Å²) in [6, 6.07) is -6.86. The maximum atomic E-state index is 15.4. The van der Waals surface area contributed by atoms with Crippen LogP contribution >= 0.6 is 0 Å². The highest BCUT2D eigenvalue weighted by atomic mass is 16.6. The van der Waals surface area contributed by atoms with Crippen molar-refractivity contribution in [3.8, 4) is 0 Å².